The van der Waals surface area contributed by atoms with Gasteiger partial charge in [-0.05, 0) is 31.3 Å². The van der Waals surface area contributed by atoms with Crippen LogP contribution in [0.3, 0.4) is 0 Å². The van der Waals surface area contributed by atoms with Crippen molar-refractivity contribution in [3.8, 4) is 5.75 Å². The van der Waals surface area contributed by atoms with Crippen LogP contribution >= 0.6 is 0 Å². The summed E-state index contributed by atoms with van der Waals surface area (Å²) in [5.41, 5.74) is 3.65. The zero-order chi connectivity index (χ0) is 19.1. The van der Waals surface area contributed by atoms with E-state index in [2.05, 4.69) is 97.1 Å². The van der Waals surface area contributed by atoms with Crippen molar-refractivity contribution in [1.82, 2.24) is 10.2 Å². The highest BCUT2D eigenvalue weighted by Crippen LogP contribution is 2.32. The number of hydrogen-bond acceptors (Lipinski definition) is 3. The molecule has 27 heavy (non-hydrogen) atoms. The summed E-state index contributed by atoms with van der Waals surface area (Å²) in [7, 11) is 5.95. The summed E-state index contributed by atoms with van der Waals surface area (Å²) in [5, 5.41) is 3.89. The van der Waals surface area contributed by atoms with Crippen LogP contribution in [0.1, 0.15) is 28.8 Å². The molecule has 0 amide bonds. The second-order valence-electron chi connectivity index (χ2n) is 6.98. The molecule has 3 rings (SSSR count). The fourth-order valence-corrected chi connectivity index (χ4v) is 3.42. The number of methoxy groups -OCH3 is 1. The number of para-hydroxylation sites is 1. The van der Waals surface area contributed by atoms with Crippen LogP contribution in [-0.2, 0) is 0 Å². The minimum Gasteiger partial charge on any atom is -0.496 e. The third kappa shape index (κ3) is 4.97. The standard InChI is InChI=1S/C24H28N2O/c1-26(2)18-22(19-12-6-4-7-13-19)25-24(20-14-8-5-9-15-20)21-16-10-11-17-23(21)27-3/h4-17,22,24-25H,18H2,1-3H3. The zero-order valence-corrected chi connectivity index (χ0v) is 16.3. The quantitative estimate of drug-likeness (QED) is 0.631. The molecule has 0 radical (unpaired) electrons. The highest BCUT2D eigenvalue weighted by Gasteiger charge is 2.23. The van der Waals surface area contributed by atoms with Gasteiger partial charge in [-0.25, -0.2) is 0 Å². The lowest BCUT2D eigenvalue weighted by Crippen LogP contribution is -2.34. The van der Waals surface area contributed by atoms with Crippen LogP contribution < -0.4 is 10.1 Å². The number of nitrogens with one attached hydrogen (secondary N) is 1. The predicted octanol–water partition coefficient (Wildman–Crippen LogP) is 4.68. The van der Waals surface area contributed by atoms with E-state index in [9.17, 15) is 0 Å². The van der Waals surface area contributed by atoms with Gasteiger partial charge in [-0.1, -0.05) is 78.9 Å². The molecule has 0 aromatic heterocycles. The van der Waals surface area contributed by atoms with Crippen molar-refractivity contribution in [2.45, 2.75) is 12.1 Å². The Balaban J connectivity index is 2.01. The number of nitrogens with zero attached hydrogens (tertiary/aromatic N) is 1. The van der Waals surface area contributed by atoms with Crippen molar-refractivity contribution in [3.05, 3.63) is 102 Å². The van der Waals surface area contributed by atoms with Crippen molar-refractivity contribution in [2.75, 3.05) is 27.7 Å². The van der Waals surface area contributed by atoms with E-state index in [-0.39, 0.29) is 12.1 Å². The average molecular weight is 361 g/mol. The third-order valence-electron chi connectivity index (χ3n) is 4.70. The van der Waals surface area contributed by atoms with Crippen LogP contribution in [0, 0.1) is 0 Å². The van der Waals surface area contributed by atoms with E-state index in [0.29, 0.717) is 0 Å². The molecular weight excluding hydrogens is 332 g/mol. The van der Waals surface area contributed by atoms with Crippen molar-refractivity contribution in [3.63, 3.8) is 0 Å². The lowest BCUT2D eigenvalue weighted by Gasteiger charge is -2.30. The molecule has 0 aliphatic heterocycles. The Labute approximate surface area is 162 Å². The molecule has 3 aromatic rings. The minimum atomic E-state index is 0.0347. The molecule has 2 atom stereocenters. The summed E-state index contributed by atoms with van der Waals surface area (Å²) in [6.07, 6.45) is 0. The first-order valence-corrected chi connectivity index (χ1v) is 9.32. The summed E-state index contributed by atoms with van der Waals surface area (Å²) >= 11 is 0. The summed E-state index contributed by atoms with van der Waals surface area (Å²) < 4.78 is 5.67. The number of ether oxygens (including phenoxy) is 1. The van der Waals surface area contributed by atoms with E-state index in [0.717, 1.165) is 17.9 Å². The van der Waals surface area contributed by atoms with Crippen LogP contribution in [0.15, 0.2) is 84.9 Å². The Morgan fingerprint density at radius 1 is 0.778 bits per heavy atom. The first-order valence-electron chi connectivity index (χ1n) is 9.32. The van der Waals surface area contributed by atoms with Gasteiger partial charge in [0, 0.05) is 18.2 Å². The molecule has 3 nitrogen and oxygen atoms in total. The Morgan fingerprint density at radius 3 is 1.93 bits per heavy atom. The van der Waals surface area contributed by atoms with Crippen LogP contribution in [0.4, 0.5) is 0 Å². The highest BCUT2D eigenvalue weighted by molar-refractivity contribution is 5.42. The lowest BCUT2D eigenvalue weighted by atomic mass is 9.95. The molecule has 3 heteroatoms. The lowest BCUT2D eigenvalue weighted by molar-refractivity contribution is 0.327. The molecule has 0 fully saturated rings. The van der Waals surface area contributed by atoms with Crippen molar-refractivity contribution in [2.24, 2.45) is 0 Å². The molecule has 140 valence electrons. The monoisotopic (exact) mass is 360 g/mol. The van der Waals surface area contributed by atoms with Gasteiger partial charge in [0.1, 0.15) is 5.75 Å². The maximum Gasteiger partial charge on any atom is 0.123 e. The van der Waals surface area contributed by atoms with Crippen LogP contribution in [0.25, 0.3) is 0 Å². The van der Waals surface area contributed by atoms with Gasteiger partial charge in [-0.2, -0.15) is 0 Å². The SMILES string of the molecule is COc1ccccc1C(NC(CN(C)C)c1ccccc1)c1ccccc1. The van der Waals surface area contributed by atoms with E-state index in [4.69, 9.17) is 4.74 Å². The summed E-state index contributed by atoms with van der Waals surface area (Å²) in [6.45, 7) is 0.905. The van der Waals surface area contributed by atoms with Gasteiger partial charge in [0.2, 0.25) is 0 Å². The maximum atomic E-state index is 5.67. The van der Waals surface area contributed by atoms with Gasteiger partial charge in [-0.3, -0.25) is 5.32 Å². The van der Waals surface area contributed by atoms with Gasteiger partial charge >= 0.3 is 0 Å². The van der Waals surface area contributed by atoms with E-state index < -0.39 is 0 Å². The summed E-state index contributed by atoms with van der Waals surface area (Å²) in [4.78, 5) is 2.22. The number of benzene rings is 3. The molecule has 0 saturated heterocycles. The Hall–Kier alpha value is -2.62. The Kier molecular flexibility index (Phi) is 6.64. The summed E-state index contributed by atoms with van der Waals surface area (Å²) in [6, 6.07) is 29.7. The molecular formula is C24H28N2O. The first-order chi connectivity index (χ1) is 13.2. The summed E-state index contributed by atoms with van der Waals surface area (Å²) in [5.74, 6) is 0.899. The zero-order valence-electron chi connectivity index (χ0n) is 16.3. The predicted molar refractivity (Wildman–Crippen MR) is 112 cm³/mol. The fourth-order valence-electron chi connectivity index (χ4n) is 3.42. The van der Waals surface area contributed by atoms with Gasteiger partial charge < -0.3 is 9.64 Å². The van der Waals surface area contributed by atoms with Crippen molar-refractivity contribution >= 4 is 0 Å². The van der Waals surface area contributed by atoms with Gasteiger partial charge in [0.25, 0.3) is 0 Å². The van der Waals surface area contributed by atoms with Gasteiger partial charge in [0.15, 0.2) is 0 Å². The molecule has 1 N–H and O–H groups in total. The van der Waals surface area contributed by atoms with E-state index >= 15 is 0 Å². The second-order valence-corrected chi connectivity index (χ2v) is 6.98. The molecule has 0 heterocycles. The molecule has 0 aliphatic carbocycles. The fraction of sp³-hybridized carbons (Fsp3) is 0.250. The molecule has 0 bridgehead atoms. The molecule has 2 unspecified atom stereocenters. The normalized spacial score (nSPS) is 13.3. The van der Waals surface area contributed by atoms with Crippen molar-refractivity contribution in [1.29, 1.82) is 0 Å². The molecule has 0 spiro atoms. The van der Waals surface area contributed by atoms with Crippen LogP contribution in [0.2, 0.25) is 0 Å². The van der Waals surface area contributed by atoms with E-state index in [1.807, 2.05) is 12.1 Å². The maximum absolute atomic E-state index is 5.67. The van der Waals surface area contributed by atoms with E-state index in [1.54, 1.807) is 7.11 Å². The number of rotatable bonds is 8. The van der Waals surface area contributed by atoms with Crippen LogP contribution in [0.5, 0.6) is 5.75 Å². The van der Waals surface area contributed by atoms with Crippen LogP contribution in [-0.4, -0.2) is 32.6 Å². The first kappa shape index (κ1) is 19.2. The Bertz CT molecular complexity index is 818. The topological polar surface area (TPSA) is 24.5 Å². The van der Waals surface area contributed by atoms with Crippen molar-refractivity contribution < 1.29 is 4.74 Å². The largest absolute Gasteiger partial charge is 0.496 e. The average Bonchev–Trinajstić information content (AvgIpc) is 2.72. The van der Waals surface area contributed by atoms with Gasteiger partial charge in [-0.15, -0.1) is 0 Å². The smallest absolute Gasteiger partial charge is 0.123 e. The number of hydrogen-bond donors (Lipinski definition) is 1. The highest BCUT2D eigenvalue weighted by atomic mass is 16.5. The molecule has 0 saturated carbocycles. The Morgan fingerprint density at radius 2 is 1.33 bits per heavy atom. The second kappa shape index (κ2) is 9.36. The molecule has 3 aromatic carbocycles. The number of likely N-dealkylation sites (N-methyl/N-ethyl adjacent to an activating group) is 1. The third-order valence-corrected chi connectivity index (χ3v) is 4.70. The van der Waals surface area contributed by atoms with Gasteiger partial charge in [0.05, 0.1) is 13.2 Å². The van der Waals surface area contributed by atoms with E-state index in [1.165, 1.54) is 11.1 Å². The molecule has 0 aliphatic rings. The minimum absolute atomic E-state index is 0.0347.